The molecule has 0 aliphatic rings. The summed E-state index contributed by atoms with van der Waals surface area (Å²) >= 11 is 1.02. The molecule has 1 aromatic carbocycles. The summed E-state index contributed by atoms with van der Waals surface area (Å²) in [4.78, 5) is 47.0. The molecule has 8 nitrogen and oxygen atoms in total. The summed E-state index contributed by atoms with van der Waals surface area (Å²) < 4.78 is 9.68. The lowest BCUT2D eigenvalue weighted by molar-refractivity contribution is -0.143. The number of esters is 1. The van der Waals surface area contributed by atoms with Crippen LogP contribution in [0, 0.1) is 5.92 Å². The number of carboxylic acids is 1. The van der Waals surface area contributed by atoms with Crippen molar-refractivity contribution in [2.24, 2.45) is 5.92 Å². The minimum absolute atomic E-state index is 0.110. The predicted octanol–water partition coefficient (Wildman–Crippen LogP) is 1.57. The Labute approximate surface area is 155 Å². The molecule has 1 aromatic rings. The molecule has 1 rings (SSSR count). The molecule has 0 saturated heterocycles. The molecule has 0 aromatic heterocycles. The number of rotatable bonds is 9. The second-order valence-electron chi connectivity index (χ2n) is 5.38. The molecule has 9 heteroatoms. The van der Waals surface area contributed by atoms with Gasteiger partial charge in [-0.2, -0.15) is 0 Å². The van der Waals surface area contributed by atoms with E-state index < -0.39 is 30.3 Å². The van der Waals surface area contributed by atoms with Gasteiger partial charge in [0.2, 0.25) is 5.91 Å². The Hall–Kier alpha value is -2.55. The Morgan fingerprint density at radius 2 is 1.81 bits per heavy atom. The van der Waals surface area contributed by atoms with Gasteiger partial charge in [0.05, 0.1) is 7.11 Å². The predicted molar refractivity (Wildman–Crippen MR) is 96.2 cm³/mol. The molecule has 0 aliphatic carbocycles. The first kappa shape index (κ1) is 21.5. The molecule has 1 unspecified atom stereocenters. The standard InChI is InChI=1S/C17H21NO7S/c1-11(10-26-12(2)19)17(23)18(8-15(20)21)13-4-6-14(7-5-13)25-9-16(22)24-3/h4-7,11H,8-10H2,1-3H3,(H,20,21). The Balaban J connectivity index is 2.87. The lowest BCUT2D eigenvalue weighted by Crippen LogP contribution is -2.39. The molecule has 0 radical (unpaired) electrons. The summed E-state index contributed by atoms with van der Waals surface area (Å²) in [6.45, 7) is 2.29. The highest BCUT2D eigenvalue weighted by molar-refractivity contribution is 8.13. The van der Waals surface area contributed by atoms with E-state index in [4.69, 9.17) is 9.84 Å². The van der Waals surface area contributed by atoms with Crippen LogP contribution in [0.3, 0.4) is 0 Å². The van der Waals surface area contributed by atoms with E-state index in [0.717, 1.165) is 16.7 Å². The highest BCUT2D eigenvalue weighted by Crippen LogP contribution is 2.22. The molecule has 0 bridgehead atoms. The van der Waals surface area contributed by atoms with E-state index >= 15 is 0 Å². The van der Waals surface area contributed by atoms with Crippen LogP contribution in [0.1, 0.15) is 13.8 Å². The SMILES string of the molecule is COC(=O)COc1ccc(N(CC(=O)O)C(=O)C(C)CSC(C)=O)cc1. The Morgan fingerprint density at radius 3 is 2.31 bits per heavy atom. The first-order valence-corrected chi connectivity index (χ1v) is 8.69. The Kier molecular flexibility index (Phi) is 8.63. The van der Waals surface area contributed by atoms with Crippen molar-refractivity contribution in [1.29, 1.82) is 0 Å². The van der Waals surface area contributed by atoms with Gasteiger partial charge in [-0.05, 0) is 24.3 Å². The second kappa shape index (κ2) is 10.4. The van der Waals surface area contributed by atoms with Crippen LogP contribution >= 0.6 is 11.8 Å². The van der Waals surface area contributed by atoms with Crippen LogP contribution in [0.15, 0.2) is 24.3 Å². The van der Waals surface area contributed by atoms with Crippen LogP contribution in [0.25, 0.3) is 0 Å². The fourth-order valence-corrected chi connectivity index (χ4v) is 2.56. The molecule has 0 saturated carbocycles. The van der Waals surface area contributed by atoms with Crippen LogP contribution in [0.2, 0.25) is 0 Å². The topological polar surface area (TPSA) is 110 Å². The number of carbonyl (C=O) groups is 4. The summed E-state index contributed by atoms with van der Waals surface area (Å²) in [5.41, 5.74) is 0.377. The summed E-state index contributed by atoms with van der Waals surface area (Å²) in [6, 6.07) is 6.10. The fraction of sp³-hybridized carbons (Fsp3) is 0.412. The number of thioether (sulfide) groups is 1. The third-order valence-corrected chi connectivity index (χ3v) is 4.32. The molecular formula is C17H21NO7S. The maximum Gasteiger partial charge on any atom is 0.343 e. The summed E-state index contributed by atoms with van der Waals surface area (Å²) in [5.74, 6) is -1.97. The lowest BCUT2D eigenvalue weighted by atomic mass is 10.1. The van der Waals surface area contributed by atoms with E-state index in [2.05, 4.69) is 4.74 Å². The van der Waals surface area contributed by atoms with Crippen LogP contribution in [-0.2, 0) is 23.9 Å². The maximum atomic E-state index is 12.6. The van der Waals surface area contributed by atoms with Crippen molar-refractivity contribution in [1.82, 2.24) is 0 Å². The second-order valence-corrected chi connectivity index (χ2v) is 6.58. The largest absolute Gasteiger partial charge is 0.482 e. The number of carbonyl (C=O) groups excluding carboxylic acids is 3. The minimum Gasteiger partial charge on any atom is -0.482 e. The summed E-state index contributed by atoms with van der Waals surface area (Å²) in [5, 5.41) is 8.98. The number of nitrogens with zero attached hydrogens (tertiary/aromatic N) is 1. The number of carboxylic acid groups (broad SMARTS) is 1. The average molecular weight is 383 g/mol. The first-order valence-electron chi connectivity index (χ1n) is 7.70. The van der Waals surface area contributed by atoms with Crippen molar-refractivity contribution in [3.63, 3.8) is 0 Å². The number of ether oxygens (including phenoxy) is 2. The van der Waals surface area contributed by atoms with Gasteiger partial charge in [0.1, 0.15) is 12.3 Å². The van der Waals surface area contributed by atoms with Crippen LogP contribution in [0.5, 0.6) is 5.75 Å². The van der Waals surface area contributed by atoms with Gasteiger partial charge in [0, 0.05) is 24.3 Å². The molecule has 0 fully saturated rings. The number of benzene rings is 1. The quantitative estimate of drug-likeness (QED) is 0.640. The first-order chi connectivity index (χ1) is 12.2. The van der Waals surface area contributed by atoms with Crippen LogP contribution in [-0.4, -0.2) is 54.1 Å². The van der Waals surface area contributed by atoms with Gasteiger partial charge < -0.3 is 19.5 Å². The average Bonchev–Trinajstić information content (AvgIpc) is 2.61. The van der Waals surface area contributed by atoms with Gasteiger partial charge in [-0.15, -0.1) is 0 Å². The maximum absolute atomic E-state index is 12.6. The number of methoxy groups -OCH3 is 1. The fourth-order valence-electron chi connectivity index (χ4n) is 1.93. The zero-order chi connectivity index (χ0) is 19.7. The van der Waals surface area contributed by atoms with E-state index in [1.807, 2.05) is 0 Å². The van der Waals surface area contributed by atoms with Crippen LogP contribution in [0.4, 0.5) is 5.69 Å². The zero-order valence-corrected chi connectivity index (χ0v) is 15.6. The smallest absolute Gasteiger partial charge is 0.343 e. The molecule has 0 spiro atoms. The summed E-state index contributed by atoms with van der Waals surface area (Å²) in [7, 11) is 1.25. The highest BCUT2D eigenvalue weighted by Gasteiger charge is 2.24. The third-order valence-electron chi connectivity index (χ3n) is 3.25. The normalized spacial score (nSPS) is 11.3. The van der Waals surface area contributed by atoms with E-state index in [0.29, 0.717) is 11.4 Å². The molecular weight excluding hydrogens is 362 g/mol. The van der Waals surface area contributed by atoms with Gasteiger partial charge >= 0.3 is 11.9 Å². The number of amides is 1. The van der Waals surface area contributed by atoms with Crippen molar-refractivity contribution in [3.8, 4) is 5.75 Å². The molecule has 1 amide bonds. The number of aliphatic carboxylic acids is 1. The van der Waals surface area contributed by atoms with Gasteiger partial charge in [0.25, 0.3) is 0 Å². The van der Waals surface area contributed by atoms with Crippen molar-refractivity contribution in [2.45, 2.75) is 13.8 Å². The lowest BCUT2D eigenvalue weighted by Gasteiger charge is -2.24. The Morgan fingerprint density at radius 1 is 1.19 bits per heavy atom. The zero-order valence-electron chi connectivity index (χ0n) is 14.8. The monoisotopic (exact) mass is 383 g/mol. The third kappa shape index (κ3) is 7.14. The molecule has 1 atom stereocenters. The number of hydrogen-bond donors (Lipinski definition) is 1. The van der Waals surface area contributed by atoms with E-state index in [1.165, 1.54) is 38.3 Å². The molecule has 26 heavy (non-hydrogen) atoms. The summed E-state index contributed by atoms with van der Waals surface area (Å²) in [6.07, 6.45) is 0. The van der Waals surface area contributed by atoms with Gasteiger partial charge in [-0.1, -0.05) is 18.7 Å². The van der Waals surface area contributed by atoms with Gasteiger partial charge in [0.15, 0.2) is 11.7 Å². The van der Waals surface area contributed by atoms with Crippen molar-refractivity contribution >= 4 is 40.4 Å². The minimum atomic E-state index is -1.16. The van der Waals surface area contributed by atoms with Gasteiger partial charge in [-0.25, -0.2) is 4.79 Å². The molecule has 0 aliphatic heterocycles. The Bertz CT molecular complexity index is 660. The number of hydrogen-bond acceptors (Lipinski definition) is 7. The van der Waals surface area contributed by atoms with Crippen molar-refractivity contribution in [2.75, 3.05) is 30.9 Å². The number of anilines is 1. The molecule has 142 valence electrons. The van der Waals surface area contributed by atoms with E-state index in [1.54, 1.807) is 6.92 Å². The highest BCUT2D eigenvalue weighted by atomic mass is 32.2. The molecule has 1 N–H and O–H groups in total. The van der Waals surface area contributed by atoms with Gasteiger partial charge in [-0.3, -0.25) is 14.4 Å². The molecule has 0 heterocycles. The van der Waals surface area contributed by atoms with Crippen molar-refractivity contribution < 1.29 is 33.8 Å². The van der Waals surface area contributed by atoms with Crippen molar-refractivity contribution in [3.05, 3.63) is 24.3 Å². The van der Waals surface area contributed by atoms with E-state index in [9.17, 15) is 19.2 Å². The van der Waals surface area contributed by atoms with Crippen LogP contribution < -0.4 is 9.64 Å². The van der Waals surface area contributed by atoms with E-state index in [-0.39, 0.29) is 17.5 Å².